The maximum absolute atomic E-state index is 12.6. The first-order valence-corrected chi connectivity index (χ1v) is 8.22. The first kappa shape index (κ1) is 16.5. The van der Waals surface area contributed by atoms with Gasteiger partial charge in [-0.05, 0) is 38.0 Å². The van der Waals surface area contributed by atoms with Gasteiger partial charge in [0.15, 0.2) is 0 Å². The van der Waals surface area contributed by atoms with Crippen LogP contribution in [0.5, 0.6) is 0 Å². The van der Waals surface area contributed by atoms with Gasteiger partial charge in [0.1, 0.15) is 5.56 Å². The summed E-state index contributed by atoms with van der Waals surface area (Å²) in [6, 6.07) is 11.3. The van der Waals surface area contributed by atoms with Crippen LogP contribution in [0.2, 0.25) is 0 Å². The number of pyridine rings is 1. The predicted molar refractivity (Wildman–Crippen MR) is 92.3 cm³/mol. The Morgan fingerprint density at radius 2 is 2.17 bits per heavy atom. The lowest BCUT2D eigenvalue weighted by Gasteiger charge is -2.16. The highest BCUT2D eigenvalue weighted by atomic mass is 16.5. The second kappa shape index (κ2) is 7.01. The van der Waals surface area contributed by atoms with Gasteiger partial charge < -0.3 is 14.6 Å². The highest BCUT2D eigenvalue weighted by Crippen LogP contribution is 2.13. The number of nitrogens with zero attached hydrogens (tertiary/aromatic N) is 1. The zero-order valence-corrected chi connectivity index (χ0v) is 14.0. The average Bonchev–Trinajstić information content (AvgIpc) is 2.94. The van der Waals surface area contributed by atoms with E-state index in [-0.39, 0.29) is 29.2 Å². The quantitative estimate of drug-likeness (QED) is 0.936. The van der Waals surface area contributed by atoms with Crippen LogP contribution in [0.4, 0.5) is 0 Å². The number of amides is 1. The van der Waals surface area contributed by atoms with Gasteiger partial charge in [-0.15, -0.1) is 0 Å². The molecule has 0 aliphatic carbocycles. The second-order valence-electron chi connectivity index (χ2n) is 6.29. The number of rotatable bonds is 4. The second-order valence-corrected chi connectivity index (χ2v) is 6.29. The number of hydrogen-bond acceptors (Lipinski definition) is 3. The zero-order valence-electron chi connectivity index (χ0n) is 14.0. The van der Waals surface area contributed by atoms with Gasteiger partial charge in [-0.2, -0.15) is 0 Å². The summed E-state index contributed by atoms with van der Waals surface area (Å²) < 4.78 is 7.02. The van der Waals surface area contributed by atoms with Crippen molar-refractivity contribution in [3.8, 4) is 0 Å². The zero-order chi connectivity index (χ0) is 17.1. The first-order valence-electron chi connectivity index (χ1n) is 8.22. The van der Waals surface area contributed by atoms with Crippen LogP contribution in [0.1, 0.15) is 34.8 Å². The van der Waals surface area contributed by atoms with Crippen LogP contribution in [0.15, 0.2) is 47.4 Å². The number of aryl methyl sites for hydroxylation is 1. The molecule has 5 nitrogen and oxygen atoms in total. The molecule has 1 saturated heterocycles. The molecule has 1 aromatic heterocycles. The molecule has 0 unspecified atom stereocenters. The maximum atomic E-state index is 12.6. The molecule has 3 rings (SSSR count). The van der Waals surface area contributed by atoms with Crippen LogP contribution in [0, 0.1) is 6.92 Å². The molecule has 1 fully saturated rings. The van der Waals surface area contributed by atoms with E-state index in [0.717, 1.165) is 17.5 Å². The first-order chi connectivity index (χ1) is 11.5. The van der Waals surface area contributed by atoms with Crippen molar-refractivity contribution in [1.82, 2.24) is 9.88 Å². The van der Waals surface area contributed by atoms with Gasteiger partial charge in [-0.3, -0.25) is 9.59 Å². The van der Waals surface area contributed by atoms with E-state index in [1.807, 2.05) is 38.1 Å². The fourth-order valence-electron chi connectivity index (χ4n) is 3.01. The molecule has 1 N–H and O–H groups in total. The number of nitrogens with one attached hydrogen (secondary N) is 1. The summed E-state index contributed by atoms with van der Waals surface area (Å²) in [5, 5.41) is 2.91. The van der Waals surface area contributed by atoms with E-state index in [0.29, 0.717) is 13.2 Å². The van der Waals surface area contributed by atoms with Crippen LogP contribution < -0.4 is 10.9 Å². The fraction of sp³-hybridized carbons (Fsp3) is 0.368. The van der Waals surface area contributed by atoms with Gasteiger partial charge in [0.05, 0.1) is 18.7 Å². The van der Waals surface area contributed by atoms with E-state index >= 15 is 0 Å². The average molecular weight is 326 g/mol. The fourth-order valence-corrected chi connectivity index (χ4v) is 3.01. The summed E-state index contributed by atoms with van der Waals surface area (Å²) in [6.45, 7) is 5.03. The van der Waals surface area contributed by atoms with E-state index in [4.69, 9.17) is 4.74 Å². The lowest BCUT2D eigenvalue weighted by Crippen LogP contribution is -2.42. The Morgan fingerprint density at radius 3 is 2.88 bits per heavy atom. The molecule has 24 heavy (non-hydrogen) atoms. The standard InChI is InChI=1S/C19H22N2O3/c1-13-5-3-6-15(11-13)12-21-9-4-7-16(19(21)23)18(22)20-17-8-10-24-14(17)2/h3-7,9,11,14,17H,8,10,12H2,1-2H3,(H,20,22)/t14-,17+/m1/s1. The largest absolute Gasteiger partial charge is 0.376 e. The molecule has 1 amide bonds. The van der Waals surface area contributed by atoms with Crippen LogP contribution in [-0.2, 0) is 11.3 Å². The molecule has 0 spiro atoms. The summed E-state index contributed by atoms with van der Waals surface area (Å²) in [7, 11) is 0. The number of aromatic nitrogens is 1. The van der Waals surface area contributed by atoms with Crippen molar-refractivity contribution in [2.75, 3.05) is 6.61 Å². The molecule has 2 heterocycles. The third kappa shape index (κ3) is 3.57. The Morgan fingerprint density at radius 1 is 1.33 bits per heavy atom. The Kier molecular flexibility index (Phi) is 4.81. The number of ether oxygens (including phenoxy) is 1. The monoisotopic (exact) mass is 326 g/mol. The van der Waals surface area contributed by atoms with E-state index in [1.165, 1.54) is 0 Å². The highest BCUT2D eigenvalue weighted by molar-refractivity contribution is 5.94. The van der Waals surface area contributed by atoms with Crippen LogP contribution >= 0.6 is 0 Å². The third-order valence-corrected chi connectivity index (χ3v) is 4.39. The molecule has 1 aliphatic rings. The Bertz CT molecular complexity index is 797. The minimum atomic E-state index is -0.332. The molecule has 126 valence electrons. The Balaban J connectivity index is 1.80. The van der Waals surface area contributed by atoms with Gasteiger partial charge in [0, 0.05) is 12.8 Å². The van der Waals surface area contributed by atoms with E-state index in [2.05, 4.69) is 5.32 Å². The van der Waals surface area contributed by atoms with Gasteiger partial charge in [0.25, 0.3) is 11.5 Å². The van der Waals surface area contributed by atoms with Crippen LogP contribution in [0.25, 0.3) is 0 Å². The Hall–Kier alpha value is -2.40. The van der Waals surface area contributed by atoms with Crippen molar-refractivity contribution in [3.05, 3.63) is 69.6 Å². The van der Waals surface area contributed by atoms with E-state index in [1.54, 1.807) is 22.9 Å². The third-order valence-electron chi connectivity index (χ3n) is 4.39. The van der Waals surface area contributed by atoms with Gasteiger partial charge in [0.2, 0.25) is 0 Å². The summed E-state index contributed by atoms with van der Waals surface area (Å²) in [6.07, 6.45) is 2.46. The molecular weight excluding hydrogens is 304 g/mol. The molecule has 1 aromatic carbocycles. The highest BCUT2D eigenvalue weighted by Gasteiger charge is 2.26. The molecule has 0 radical (unpaired) electrons. The molecule has 2 aromatic rings. The molecule has 0 bridgehead atoms. The minimum absolute atomic E-state index is 0.0211. The normalized spacial score (nSPS) is 20.1. The van der Waals surface area contributed by atoms with Crippen molar-refractivity contribution >= 4 is 5.91 Å². The maximum Gasteiger partial charge on any atom is 0.263 e. The van der Waals surface area contributed by atoms with Crippen molar-refractivity contribution in [2.45, 2.75) is 39.0 Å². The molecule has 5 heteroatoms. The lowest BCUT2D eigenvalue weighted by molar-refractivity contribution is 0.0864. The SMILES string of the molecule is Cc1cccc(Cn2cccc(C(=O)N[C@H]3CCO[C@@H]3C)c2=O)c1. The summed E-state index contributed by atoms with van der Waals surface area (Å²) in [5.74, 6) is -0.332. The molecule has 2 atom stereocenters. The number of carbonyl (C=O) groups excluding carboxylic acids is 1. The minimum Gasteiger partial charge on any atom is -0.376 e. The number of hydrogen-bond donors (Lipinski definition) is 1. The van der Waals surface area contributed by atoms with Crippen LogP contribution in [0.3, 0.4) is 0 Å². The van der Waals surface area contributed by atoms with Gasteiger partial charge in [-0.25, -0.2) is 0 Å². The van der Waals surface area contributed by atoms with Crippen molar-refractivity contribution in [3.63, 3.8) is 0 Å². The predicted octanol–water partition coefficient (Wildman–Crippen LogP) is 2.11. The van der Waals surface area contributed by atoms with Crippen molar-refractivity contribution in [1.29, 1.82) is 0 Å². The van der Waals surface area contributed by atoms with Crippen molar-refractivity contribution < 1.29 is 9.53 Å². The van der Waals surface area contributed by atoms with E-state index < -0.39 is 0 Å². The van der Waals surface area contributed by atoms with Gasteiger partial charge in [-0.1, -0.05) is 29.8 Å². The lowest BCUT2D eigenvalue weighted by atomic mass is 10.1. The smallest absolute Gasteiger partial charge is 0.263 e. The summed E-state index contributed by atoms with van der Waals surface area (Å²) in [4.78, 5) is 25.1. The van der Waals surface area contributed by atoms with Gasteiger partial charge >= 0.3 is 0 Å². The molecule has 0 saturated carbocycles. The Labute approximate surface area is 141 Å². The topological polar surface area (TPSA) is 60.3 Å². The summed E-state index contributed by atoms with van der Waals surface area (Å²) >= 11 is 0. The molecular formula is C19H22N2O3. The van der Waals surface area contributed by atoms with E-state index in [9.17, 15) is 9.59 Å². The van der Waals surface area contributed by atoms with Crippen LogP contribution in [-0.4, -0.2) is 29.2 Å². The number of benzene rings is 1. The molecule has 1 aliphatic heterocycles. The number of carbonyl (C=O) groups is 1. The van der Waals surface area contributed by atoms with Crippen molar-refractivity contribution in [2.24, 2.45) is 0 Å². The summed E-state index contributed by atoms with van der Waals surface area (Å²) in [5.41, 5.74) is 2.07.